The summed E-state index contributed by atoms with van der Waals surface area (Å²) < 4.78 is 7.17. The van der Waals surface area contributed by atoms with Crippen LogP contribution < -0.4 is 14.8 Å². The van der Waals surface area contributed by atoms with Crippen LogP contribution in [0.4, 0.5) is 5.69 Å². The molecule has 4 rings (SSSR count). The van der Waals surface area contributed by atoms with E-state index in [1.807, 2.05) is 24.3 Å². The van der Waals surface area contributed by atoms with E-state index in [-0.39, 0.29) is 17.9 Å². The maximum atomic E-state index is 12.8. The summed E-state index contributed by atoms with van der Waals surface area (Å²) in [5, 5.41) is 21.2. The maximum Gasteiger partial charge on any atom is 0.315 e. The summed E-state index contributed by atoms with van der Waals surface area (Å²) in [6.07, 6.45) is 1.53. The zero-order chi connectivity index (χ0) is 19.1. The molecule has 0 atom stereocenters. The molecular weight excluding hydrogens is 370 g/mol. The second-order valence-corrected chi connectivity index (χ2v) is 6.72. The van der Waals surface area contributed by atoms with Gasteiger partial charge in [0.05, 0.1) is 27.1 Å². The van der Waals surface area contributed by atoms with E-state index < -0.39 is 16.4 Å². The summed E-state index contributed by atoms with van der Waals surface area (Å²) in [5.41, 5.74) is 1.09. The third-order valence-corrected chi connectivity index (χ3v) is 4.99. The maximum absolute atomic E-state index is 12.8. The number of nitro benzene ring substituents is 1. The Kier molecular flexibility index (Phi) is 4.00. The molecule has 4 aromatic rings. The molecule has 0 bridgehead atoms. The van der Waals surface area contributed by atoms with E-state index in [0.29, 0.717) is 20.6 Å². The Morgan fingerprint density at radius 1 is 1.37 bits per heavy atom. The van der Waals surface area contributed by atoms with Crippen molar-refractivity contribution in [1.82, 2.24) is 9.38 Å². The van der Waals surface area contributed by atoms with Gasteiger partial charge in [-0.2, -0.15) is 0 Å². The number of rotatable bonds is 4. The van der Waals surface area contributed by atoms with Gasteiger partial charge in [0, 0.05) is 6.07 Å². The first kappa shape index (κ1) is 17.0. The summed E-state index contributed by atoms with van der Waals surface area (Å²) in [4.78, 5) is 28.3. The molecule has 0 radical (unpaired) electrons. The van der Waals surface area contributed by atoms with E-state index in [1.165, 1.54) is 33.9 Å². The SMILES string of the molecule is CCOc1cc(/C=c2\sc3nc4ccccc4n3c2=O)cc([N+](=O)[O-])c1O. The van der Waals surface area contributed by atoms with Crippen LogP contribution in [0, 0.1) is 10.1 Å². The van der Waals surface area contributed by atoms with Gasteiger partial charge >= 0.3 is 5.69 Å². The highest BCUT2D eigenvalue weighted by Gasteiger charge is 2.20. The number of imidazole rings is 1. The summed E-state index contributed by atoms with van der Waals surface area (Å²) in [7, 11) is 0. The minimum atomic E-state index is -0.692. The van der Waals surface area contributed by atoms with Crippen LogP contribution in [0.3, 0.4) is 0 Å². The van der Waals surface area contributed by atoms with E-state index in [2.05, 4.69) is 4.98 Å². The quantitative estimate of drug-likeness (QED) is 0.429. The molecule has 0 fully saturated rings. The molecule has 136 valence electrons. The molecule has 0 aliphatic carbocycles. The molecule has 2 aromatic heterocycles. The normalized spacial score (nSPS) is 12.1. The molecular formula is C18H13N3O5S. The van der Waals surface area contributed by atoms with Crippen molar-refractivity contribution in [3.05, 3.63) is 67.0 Å². The lowest BCUT2D eigenvalue weighted by Gasteiger charge is -2.07. The Morgan fingerprint density at radius 2 is 2.15 bits per heavy atom. The van der Waals surface area contributed by atoms with Crippen LogP contribution in [0.25, 0.3) is 22.1 Å². The minimum absolute atomic E-state index is 0.00261. The second-order valence-electron chi connectivity index (χ2n) is 5.71. The Morgan fingerprint density at radius 3 is 2.89 bits per heavy atom. The van der Waals surface area contributed by atoms with Crippen molar-refractivity contribution < 1.29 is 14.8 Å². The molecule has 27 heavy (non-hydrogen) atoms. The fourth-order valence-corrected chi connectivity index (χ4v) is 3.85. The summed E-state index contributed by atoms with van der Waals surface area (Å²) >= 11 is 1.19. The molecule has 0 saturated heterocycles. The molecule has 8 nitrogen and oxygen atoms in total. The van der Waals surface area contributed by atoms with Crippen LogP contribution in [0.1, 0.15) is 12.5 Å². The van der Waals surface area contributed by atoms with Gasteiger partial charge in [0.25, 0.3) is 5.56 Å². The third kappa shape index (κ3) is 2.77. The summed E-state index contributed by atoms with van der Waals surface area (Å²) in [6.45, 7) is 1.94. The van der Waals surface area contributed by atoms with Crippen LogP contribution in [-0.2, 0) is 0 Å². The molecule has 0 unspecified atom stereocenters. The number of hydrogen-bond acceptors (Lipinski definition) is 7. The van der Waals surface area contributed by atoms with Gasteiger partial charge < -0.3 is 9.84 Å². The zero-order valence-corrected chi connectivity index (χ0v) is 14.9. The standard InChI is InChI=1S/C18H13N3O5S/c1-2-26-14-8-10(7-13(16(14)22)21(24)25)9-15-17(23)20-12-6-4-3-5-11(12)19-18(20)27-15/h3-9,22H,2H2,1H3/b15-9-. The molecule has 0 spiro atoms. The number of nitro groups is 1. The average molecular weight is 383 g/mol. The van der Waals surface area contributed by atoms with Crippen molar-refractivity contribution >= 4 is 39.1 Å². The van der Waals surface area contributed by atoms with Gasteiger partial charge in [0.2, 0.25) is 5.75 Å². The van der Waals surface area contributed by atoms with E-state index >= 15 is 0 Å². The zero-order valence-electron chi connectivity index (χ0n) is 14.1. The Labute approximate surface area is 155 Å². The number of hydrogen-bond donors (Lipinski definition) is 1. The fraction of sp³-hybridized carbons (Fsp3) is 0.111. The van der Waals surface area contributed by atoms with Crippen molar-refractivity contribution in [2.24, 2.45) is 0 Å². The minimum Gasteiger partial charge on any atom is -0.500 e. The van der Waals surface area contributed by atoms with Gasteiger partial charge in [-0.05, 0) is 36.8 Å². The van der Waals surface area contributed by atoms with Crippen molar-refractivity contribution in [2.45, 2.75) is 6.92 Å². The van der Waals surface area contributed by atoms with Crippen molar-refractivity contribution in [3.8, 4) is 11.5 Å². The topological polar surface area (TPSA) is 107 Å². The molecule has 0 aliphatic rings. The van der Waals surface area contributed by atoms with Crippen molar-refractivity contribution in [3.63, 3.8) is 0 Å². The number of phenolic OH excluding ortho intramolecular Hbond substituents is 1. The second kappa shape index (κ2) is 6.36. The predicted octanol–water partition coefficient (Wildman–Crippen LogP) is 2.47. The van der Waals surface area contributed by atoms with Crippen LogP contribution >= 0.6 is 11.3 Å². The number of fused-ring (bicyclic) bond motifs is 3. The molecule has 2 heterocycles. The van der Waals surface area contributed by atoms with Gasteiger partial charge in [-0.3, -0.25) is 14.9 Å². The first-order valence-corrected chi connectivity index (χ1v) is 8.87. The van der Waals surface area contributed by atoms with E-state index in [4.69, 9.17) is 4.74 Å². The lowest BCUT2D eigenvalue weighted by atomic mass is 10.1. The number of aromatic hydroxyl groups is 1. The number of nitrogens with zero attached hydrogens (tertiary/aromatic N) is 3. The number of phenols is 1. The molecule has 0 aliphatic heterocycles. The molecule has 1 N–H and O–H groups in total. The monoisotopic (exact) mass is 383 g/mol. The Hall–Kier alpha value is -3.46. The summed E-state index contributed by atoms with van der Waals surface area (Å²) in [5.74, 6) is -0.537. The smallest absolute Gasteiger partial charge is 0.315 e. The van der Waals surface area contributed by atoms with Crippen LogP contribution in [0.2, 0.25) is 0 Å². The first-order valence-electron chi connectivity index (χ1n) is 8.05. The van der Waals surface area contributed by atoms with Gasteiger partial charge in [0.15, 0.2) is 10.7 Å². The van der Waals surface area contributed by atoms with Crippen LogP contribution in [0.15, 0.2) is 41.2 Å². The highest BCUT2D eigenvalue weighted by atomic mass is 32.1. The third-order valence-electron chi connectivity index (χ3n) is 4.02. The first-order chi connectivity index (χ1) is 13.0. The molecule has 9 heteroatoms. The van der Waals surface area contributed by atoms with E-state index in [1.54, 1.807) is 6.92 Å². The van der Waals surface area contributed by atoms with Gasteiger partial charge in [0.1, 0.15) is 0 Å². The molecule has 0 saturated carbocycles. The average Bonchev–Trinajstić information content (AvgIpc) is 3.14. The highest BCUT2D eigenvalue weighted by molar-refractivity contribution is 7.15. The predicted molar refractivity (Wildman–Crippen MR) is 102 cm³/mol. The molecule has 0 amide bonds. The number of benzene rings is 2. The van der Waals surface area contributed by atoms with Crippen molar-refractivity contribution in [2.75, 3.05) is 6.61 Å². The highest BCUT2D eigenvalue weighted by Crippen LogP contribution is 2.37. The van der Waals surface area contributed by atoms with Crippen LogP contribution in [-0.4, -0.2) is 26.0 Å². The Balaban J connectivity index is 1.94. The number of para-hydroxylation sites is 2. The molecule has 2 aromatic carbocycles. The lowest BCUT2D eigenvalue weighted by molar-refractivity contribution is -0.386. The van der Waals surface area contributed by atoms with Gasteiger partial charge in [-0.25, -0.2) is 9.38 Å². The number of aromatic nitrogens is 2. The Bertz CT molecular complexity index is 1310. The largest absolute Gasteiger partial charge is 0.500 e. The van der Waals surface area contributed by atoms with E-state index in [9.17, 15) is 20.0 Å². The van der Waals surface area contributed by atoms with Crippen molar-refractivity contribution in [1.29, 1.82) is 0 Å². The van der Waals surface area contributed by atoms with Crippen LogP contribution in [0.5, 0.6) is 11.5 Å². The lowest BCUT2D eigenvalue weighted by Crippen LogP contribution is -2.22. The van der Waals surface area contributed by atoms with Gasteiger partial charge in [-0.15, -0.1) is 0 Å². The van der Waals surface area contributed by atoms with E-state index in [0.717, 1.165) is 5.52 Å². The fourth-order valence-electron chi connectivity index (χ4n) is 2.87. The number of thiazole rings is 1. The number of ether oxygens (including phenoxy) is 1. The van der Waals surface area contributed by atoms with Gasteiger partial charge in [-0.1, -0.05) is 23.5 Å². The summed E-state index contributed by atoms with van der Waals surface area (Å²) in [6, 6.07) is 9.99.